The van der Waals surface area contributed by atoms with E-state index in [-0.39, 0.29) is 12.6 Å². The lowest BCUT2D eigenvalue weighted by Gasteiger charge is -2.14. The Bertz CT molecular complexity index is 482. The molecule has 0 amide bonds. The average Bonchev–Trinajstić information content (AvgIpc) is 2.77. The molecule has 0 aliphatic heterocycles. The highest BCUT2D eigenvalue weighted by Crippen LogP contribution is 2.16. The second kappa shape index (κ2) is 5.73. The van der Waals surface area contributed by atoms with Crippen LogP contribution in [0.2, 0.25) is 0 Å². The zero-order valence-corrected chi connectivity index (χ0v) is 9.84. The van der Waals surface area contributed by atoms with Crippen molar-refractivity contribution in [1.29, 1.82) is 0 Å². The standard InChI is InChI=1S/C13H15F2N3/c14-13(15)8-18-9-17-7-12(18)11(16)6-10-4-2-1-3-5-10/h1-5,7,9,11,13H,6,8,16H2/t11-/m1/s1. The number of aromatic nitrogens is 2. The molecule has 0 fully saturated rings. The van der Waals surface area contributed by atoms with Crippen molar-refractivity contribution in [2.75, 3.05) is 0 Å². The van der Waals surface area contributed by atoms with Crippen LogP contribution in [0.25, 0.3) is 0 Å². The van der Waals surface area contributed by atoms with Crippen LogP contribution in [0.3, 0.4) is 0 Å². The Morgan fingerprint density at radius 1 is 1.22 bits per heavy atom. The van der Waals surface area contributed by atoms with Crippen molar-refractivity contribution in [3.05, 3.63) is 54.1 Å². The van der Waals surface area contributed by atoms with Gasteiger partial charge in [0.15, 0.2) is 0 Å². The first-order chi connectivity index (χ1) is 8.66. The summed E-state index contributed by atoms with van der Waals surface area (Å²) in [5, 5.41) is 0. The molecule has 1 aromatic carbocycles. The van der Waals surface area contributed by atoms with Gasteiger partial charge in [0.2, 0.25) is 0 Å². The molecule has 96 valence electrons. The molecule has 5 heteroatoms. The maximum atomic E-state index is 12.4. The average molecular weight is 251 g/mol. The molecule has 0 aliphatic rings. The number of benzene rings is 1. The molecule has 3 nitrogen and oxygen atoms in total. The van der Waals surface area contributed by atoms with Crippen LogP contribution in [0.15, 0.2) is 42.9 Å². The fourth-order valence-electron chi connectivity index (χ4n) is 1.91. The molecule has 0 radical (unpaired) electrons. The SMILES string of the molecule is N[C@H](Cc1ccccc1)c1cncn1CC(F)F. The predicted octanol–water partition coefficient (Wildman–Crippen LogP) is 2.39. The maximum absolute atomic E-state index is 12.4. The number of hydrogen-bond acceptors (Lipinski definition) is 2. The normalized spacial score (nSPS) is 12.9. The van der Waals surface area contributed by atoms with Crippen LogP contribution in [-0.2, 0) is 13.0 Å². The molecule has 0 bridgehead atoms. The van der Waals surface area contributed by atoms with E-state index in [0.717, 1.165) is 5.56 Å². The van der Waals surface area contributed by atoms with Gasteiger partial charge >= 0.3 is 0 Å². The zero-order chi connectivity index (χ0) is 13.0. The molecule has 0 saturated carbocycles. The summed E-state index contributed by atoms with van der Waals surface area (Å²) in [4.78, 5) is 3.89. The van der Waals surface area contributed by atoms with Gasteiger partial charge in [0, 0.05) is 6.20 Å². The molecule has 1 heterocycles. The Balaban J connectivity index is 2.09. The van der Waals surface area contributed by atoms with Gasteiger partial charge in [-0.25, -0.2) is 13.8 Å². The summed E-state index contributed by atoms with van der Waals surface area (Å²) in [6.07, 6.45) is 1.15. The fraction of sp³-hybridized carbons (Fsp3) is 0.308. The maximum Gasteiger partial charge on any atom is 0.256 e. The molecule has 0 saturated heterocycles. The van der Waals surface area contributed by atoms with Crippen molar-refractivity contribution in [3.63, 3.8) is 0 Å². The van der Waals surface area contributed by atoms with Gasteiger partial charge in [-0.15, -0.1) is 0 Å². The van der Waals surface area contributed by atoms with Gasteiger partial charge in [-0.2, -0.15) is 0 Å². The van der Waals surface area contributed by atoms with E-state index < -0.39 is 6.43 Å². The third-order valence-corrected chi connectivity index (χ3v) is 2.76. The minimum absolute atomic E-state index is 0.325. The monoisotopic (exact) mass is 251 g/mol. The van der Waals surface area contributed by atoms with Crippen molar-refractivity contribution < 1.29 is 8.78 Å². The smallest absolute Gasteiger partial charge is 0.256 e. The summed E-state index contributed by atoms with van der Waals surface area (Å²) in [7, 11) is 0. The quantitative estimate of drug-likeness (QED) is 0.886. The highest BCUT2D eigenvalue weighted by Gasteiger charge is 2.14. The molecule has 2 rings (SSSR count). The summed E-state index contributed by atoms with van der Waals surface area (Å²) in [5.41, 5.74) is 7.76. The van der Waals surface area contributed by atoms with Gasteiger partial charge in [0.05, 0.1) is 24.6 Å². The third kappa shape index (κ3) is 3.13. The van der Waals surface area contributed by atoms with Crippen molar-refractivity contribution in [3.8, 4) is 0 Å². The predicted molar refractivity (Wildman–Crippen MR) is 65.3 cm³/mol. The molecule has 1 atom stereocenters. The fourth-order valence-corrected chi connectivity index (χ4v) is 1.91. The second-order valence-corrected chi connectivity index (χ2v) is 4.16. The highest BCUT2D eigenvalue weighted by atomic mass is 19.3. The Morgan fingerprint density at radius 2 is 1.94 bits per heavy atom. The first kappa shape index (κ1) is 12.7. The van der Waals surface area contributed by atoms with Crippen molar-refractivity contribution in [2.45, 2.75) is 25.4 Å². The van der Waals surface area contributed by atoms with Crippen LogP contribution in [-0.4, -0.2) is 16.0 Å². The van der Waals surface area contributed by atoms with E-state index in [1.165, 1.54) is 10.9 Å². The van der Waals surface area contributed by atoms with E-state index in [1.807, 2.05) is 30.3 Å². The van der Waals surface area contributed by atoms with Gasteiger partial charge in [0.25, 0.3) is 6.43 Å². The lowest BCUT2D eigenvalue weighted by molar-refractivity contribution is 0.125. The third-order valence-electron chi connectivity index (χ3n) is 2.76. The van der Waals surface area contributed by atoms with E-state index in [9.17, 15) is 8.78 Å². The molecular weight excluding hydrogens is 236 g/mol. The van der Waals surface area contributed by atoms with E-state index in [1.54, 1.807) is 6.20 Å². The van der Waals surface area contributed by atoms with Crippen LogP contribution in [0.1, 0.15) is 17.3 Å². The Hall–Kier alpha value is -1.75. The van der Waals surface area contributed by atoms with Crippen molar-refractivity contribution >= 4 is 0 Å². The molecule has 0 spiro atoms. The van der Waals surface area contributed by atoms with Crippen LogP contribution >= 0.6 is 0 Å². The molecule has 1 aromatic heterocycles. The first-order valence-electron chi connectivity index (χ1n) is 5.74. The van der Waals surface area contributed by atoms with Gasteiger partial charge in [0.1, 0.15) is 0 Å². The molecule has 2 aromatic rings. The lowest BCUT2D eigenvalue weighted by Crippen LogP contribution is -2.19. The lowest BCUT2D eigenvalue weighted by atomic mass is 10.0. The molecule has 0 aliphatic carbocycles. The van der Waals surface area contributed by atoms with Gasteiger partial charge in [-0.05, 0) is 12.0 Å². The molecular formula is C13H15F2N3. The first-order valence-corrected chi connectivity index (χ1v) is 5.74. The van der Waals surface area contributed by atoms with Gasteiger partial charge in [-0.3, -0.25) is 0 Å². The number of rotatable bonds is 5. The summed E-state index contributed by atoms with van der Waals surface area (Å²) in [6, 6.07) is 9.39. The van der Waals surface area contributed by atoms with E-state index in [0.29, 0.717) is 12.1 Å². The van der Waals surface area contributed by atoms with Crippen LogP contribution < -0.4 is 5.73 Å². The Morgan fingerprint density at radius 3 is 2.61 bits per heavy atom. The minimum atomic E-state index is -2.40. The number of nitrogens with two attached hydrogens (primary N) is 1. The van der Waals surface area contributed by atoms with Gasteiger partial charge < -0.3 is 10.3 Å². The summed E-state index contributed by atoms with van der Waals surface area (Å²) >= 11 is 0. The Labute approximate surface area is 104 Å². The number of alkyl halides is 2. The molecule has 18 heavy (non-hydrogen) atoms. The van der Waals surface area contributed by atoms with Crippen LogP contribution in [0.5, 0.6) is 0 Å². The van der Waals surface area contributed by atoms with Crippen LogP contribution in [0, 0.1) is 0 Å². The minimum Gasteiger partial charge on any atom is -0.327 e. The molecule has 2 N–H and O–H groups in total. The number of hydrogen-bond donors (Lipinski definition) is 1. The number of halogens is 2. The summed E-state index contributed by atoms with van der Waals surface area (Å²) in [6.45, 7) is -0.363. The van der Waals surface area contributed by atoms with Crippen LogP contribution in [0.4, 0.5) is 8.78 Å². The Kier molecular flexibility index (Phi) is 4.04. The number of imidazole rings is 1. The number of nitrogens with zero attached hydrogens (tertiary/aromatic N) is 2. The topological polar surface area (TPSA) is 43.8 Å². The summed E-state index contributed by atoms with van der Waals surface area (Å²) < 4.78 is 26.2. The van der Waals surface area contributed by atoms with E-state index >= 15 is 0 Å². The highest BCUT2D eigenvalue weighted by molar-refractivity contribution is 5.18. The van der Waals surface area contributed by atoms with Crippen molar-refractivity contribution in [2.24, 2.45) is 5.73 Å². The van der Waals surface area contributed by atoms with Gasteiger partial charge in [-0.1, -0.05) is 30.3 Å². The van der Waals surface area contributed by atoms with Crippen molar-refractivity contribution in [1.82, 2.24) is 9.55 Å². The van der Waals surface area contributed by atoms with E-state index in [2.05, 4.69) is 4.98 Å². The largest absolute Gasteiger partial charge is 0.327 e. The molecule has 0 unspecified atom stereocenters. The second-order valence-electron chi connectivity index (χ2n) is 4.16. The zero-order valence-electron chi connectivity index (χ0n) is 9.84. The summed E-state index contributed by atoms with van der Waals surface area (Å²) in [5.74, 6) is 0. The van der Waals surface area contributed by atoms with E-state index in [4.69, 9.17) is 5.73 Å².